The molecule has 8 nitrogen and oxygen atoms in total. The number of nitrogens with zero attached hydrogens (tertiary/aromatic N) is 2. The predicted octanol–water partition coefficient (Wildman–Crippen LogP) is 5.09. The van der Waals surface area contributed by atoms with Crippen LogP contribution in [0.1, 0.15) is 30.4 Å². The number of rotatable bonds is 11. The zero-order valence-electron chi connectivity index (χ0n) is 20.1. The van der Waals surface area contributed by atoms with Crippen LogP contribution in [0.25, 0.3) is 5.69 Å². The molecule has 0 aliphatic rings. The largest absolute Gasteiger partial charge is 0.497 e. The summed E-state index contributed by atoms with van der Waals surface area (Å²) in [5.74, 6) is 3.26. The first-order valence-corrected chi connectivity index (χ1v) is 11.5. The molecule has 0 saturated carbocycles. The minimum Gasteiger partial charge on any atom is -0.497 e. The molecule has 35 heavy (non-hydrogen) atoms. The molecule has 182 valence electrons. The topological polar surface area (TPSA) is 87.8 Å². The van der Waals surface area contributed by atoms with Crippen molar-refractivity contribution < 1.29 is 23.4 Å². The monoisotopic (exact) mass is 475 g/mol. The Hall–Kier alpha value is -4.20. The van der Waals surface area contributed by atoms with Crippen LogP contribution >= 0.6 is 0 Å². The molecule has 2 aromatic carbocycles. The summed E-state index contributed by atoms with van der Waals surface area (Å²) in [6.45, 7) is 2.39. The Morgan fingerprint density at radius 3 is 2.46 bits per heavy atom. The van der Waals surface area contributed by atoms with Gasteiger partial charge in [0.25, 0.3) is 0 Å². The number of ether oxygens (including phenoxy) is 3. The number of carbonyl (C=O) groups excluding carboxylic acids is 1. The van der Waals surface area contributed by atoms with Crippen molar-refractivity contribution in [3.05, 3.63) is 83.9 Å². The lowest BCUT2D eigenvalue weighted by molar-refractivity contribution is -0.121. The molecule has 0 atom stereocenters. The molecule has 8 heteroatoms. The Kier molecular flexibility index (Phi) is 7.72. The molecule has 0 aliphatic carbocycles. The summed E-state index contributed by atoms with van der Waals surface area (Å²) in [7, 11) is 3.24. The molecule has 4 rings (SSSR count). The number of benzene rings is 2. The summed E-state index contributed by atoms with van der Waals surface area (Å²) >= 11 is 0. The zero-order valence-corrected chi connectivity index (χ0v) is 20.1. The van der Waals surface area contributed by atoms with Gasteiger partial charge in [0, 0.05) is 18.1 Å². The summed E-state index contributed by atoms with van der Waals surface area (Å²) < 4.78 is 24.1. The minimum atomic E-state index is -0.0759. The van der Waals surface area contributed by atoms with Crippen LogP contribution in [-0.4, -0.2) is 29.9 Å². The molecule has 0 unspecified atom stereocenters. The van der Waals surface area contributed by atoms with E-state index in [-0.39, 0.29) is 12.3 Å². The van der Waals surface area contributed by atoms with Gasteiger partial charge < -0.3 is 23.9 Å². The van der Waals surface area contributed by atoms with Gasteiger partial charge in [0.2, 0.25) is 11.8 Å². The fourth-order valence-electron chi connectivity index (χ4n) is 3.72. The van der Waals surface area contributed by atoms with Gasteiger partial charge in [-0.2, -0.15) is 5.10 Å². The molecule has 2 aromatic heterocycles. The molecular weight excluding hydrogens is 446 g/mol. The normalized spacial score (nSPS) is 10.7. The van der Waals surface area contributed by atoms with Crippen molar-refractivity contribution in [2.45, 2.75) is 32.7 Å². The number of carbonyl (C=O) groups is 1. The highest BCUT2D eigenvalue weighted by atomic mass is 16.5. The van der Waals surface area contributed by atoms with Crippen molar-refractivity contribution in [1.29, 1.82) is 0 Å². The smallest absolute Gasteiger partial charge is 0.226 e. The average Bonchev–Trinajstić information content (AvgIpc) is 3.54. The van der Waals surface area contributed by atoms with Crippen molar-refractivity contribution in [2.24, 2.45) is 0 Å². The molecule has 0 radical (unpaired) electrons. The molecule has 2 heterocycles. The SMILES string of the molecule is CCc1nn(-c2ccc(OC)cc2)c(Oc2cccc(OC)c2)c1CCC(=O)NCc1ccco1. The third-order valence-corrected chi connectivity index (χ3v) is 5.57. The number of methoxy groups -OCH3 is 2. The van der Waals surface area contributed by atoms with Gasteiger partial charge in [-0.15, -0.1) is 0 Å². The molecule has 0 saturated heterocycles. The lowest BCUT2D eigenvalue weighted by Gasteiger charge is -2.13. The van der Waals surface area contributed by atoms with Gasteiger partial charge in [0.1, 0.15) is 23.0 Å². The van der Waals surface area contributed by atoms with Crippen LogP contribution in [-0.2, 0) is 24.2 Å². The molecular formula is C27H29N3O5. The quantitative estimate of drug-likeness (QED) is 0.325. The first-order valence-electron chi connectivity index (χ1n) is 11.5. The number of nitrogens with one attached hydrogen (secondary N) is 1. The third kappa shape index (κ3) is 5.84. The average molecular weight is 476 g/mol. The number of furan rings is 1. The van der Waals surface area contributed by atoms with E-state index in [4.69, 9.17) is 23.7 Å². The van der Waals surface area contributed by atoms with Crippen molar-refractivity contribution in [3.63, 3.8) is 0 Å². The van der Waals surface area contributed by atoms with E-state index in [1.807, 2.05) is 61.5 Å². The Morgan fingerprint density at radius 1 is 1.00 bits per heavy atom. The molecule has 0 aliphatic heterocycles. The Labute approximate surface area is 204 Å². The Morgan fingerprint density at radius 2 is 1.77 bits per heavy atom. The van der Waals surface area contributed by atoms with Gasteiger partial charge in [-0.1, -0.05) is 13.0 Å². The maximum Gasteiger partial charge on any atom is 0.226 e. The molecule has 0 fully saturated rings. The van der Waals surface area contributed by atoms with E-state index in [0.717, 1.165) is 22.7 Å². The zero-order chi connectivity index (χ0) is 24.6. The van der Waals surface area contributed by atoms with Crippen LogP contribution in [0.5, 0.6) is 23.1 Å². The fourth-order valence-corrected chi connectivity index (χ4v) is 3.72. The van der Waals surface area contributed by atoms with Gasteiger partial charge in [-0.25, -0.2) is 4.68 Å². The van der Waals surface area contributed by atoms with Gasteiger partial charge in [0.05, 0.1) is 38.4 Å². The van der Waals surface area contributed by atoms with Crippen molar-refractivity contribution in [3.8, 4) is 28.8 Å². The Bertz CT molecular complexity index is 1250. The van der Waals surface area contributed by atoms with Crippen LogP contribution in [0.4, 0.5) is 0 Å². The molecule has 0 spiro atoms. The van der Waals surface area contributed by atoms with Crippen molar-refractivity contribution >= 4 is 5.91 Å². The van der Waals surface area contributed by atoms with Gasteiger partial charge in [-0.05, 0) is 61.4 Å². The van der Waals surface area contributed by atoms with Crippen LogP contribution in [0.2, 0.25) is 0 Å². The van der Waals surface area contributed by atoms with E-state index in [0.29, 0.717) is 42.5 Å². The van der Waals surface area contributed by atoms with Crippen LogP contribution < -0.4 is 19.5 Å². The van der Waals surface area contributed by atoms with Crippen molar-refractivity contribution in [2.75, 3.05) is 14.2 Å². The van der Waals surface area contributed by atoms with E-state index in [1.165, 1.54) is 0 Å². The number of hydrogen-bond donors (Lipinski definition) is 1. The summed E-state index contributed by atoms with van der Waals surface area (Å²) in [4.78, 5) is 12.6. The maximum atomic E-state index is 12.6. The first-order chi connectivity index (χ1) is 17.1. The van der Waals surface area contributed by atoms with E-state index < -0.39 is 0 Å². The Balaban J connectivity index is 1.63. The minimum absolute atomic E-state index is 0.0759. The lowest BCUT2D eigenvalue weighted by atomic mass is 10.1. The van der Waals surface area contributed by atoms with E-state index >= 15 is 0 Å². The highest BCUT2D eigenvalue weighted by molar-refractivity contribution is 5.76. The van der Waals surface area contributed by atoms with Gasteiger partial charge >= 0.3 is 0 Å². The van der Waals surface area contributed by atoms with Crippen LogP contribution in [0.15, 0.2) is 71.3 Å². The van der Waals surface area contributed by atoms with E-state index in [9.17, 15) is 4.79 Å². The summed E-state index contributed by atoms with van der Waals surface area (Å²) in [5.41, 5.74) is 2.59. The summed E-state index contributed by atoms with van der Waals surface area (Å²) in [6.07, 6.45) is 3.05. The molecule has 1 N–H and O–H groups in total. The third-order valence-electron chi connectivity index (χ3n) is 5.57. The second-order valence-electron chi connectivity index (χ2n) is 7.83. The second-order valence-corrected chi connectivity index (χ2v) is 7.83. The van der Waals surface area contributed by atoms with Gasteiger partial charge in [-0.3, -0.25) is 4.79 Å². The molecule has 1 amide bonds. The molecule has 0 bridgehead atoms. The second kappa shape index (κ2) is 11.3. The number of aromatic nitrogens is 2. The van der Waals surface area contributed by atoms with Crippen molar-refractivity contribution in [1.82, 2.24) is 15.1 Å². The predicted molar refractivity (Wildman–Crippen MR) is 131 cm³/mol. The standard InChI is InChI=1S/C27H29N3O5/c1-4-25-24(14-15-26(31)28-18-23-9-6-16-34-23)27(35-22-8-5-7-21(17-22)33-3)30(29-25)19-10-12-20(32-2)13-11-19/h5-13,16-17H,4,14-15,18H2,1-3H3,(H,28,31). The van der Waals surface area contributed by atoms with Crippen LogP contribution in [0.3, 0.4) is 0 Å². The van der Waals surface area contributed by atoms with E-state index in [2.05, 4.69) is 5.32 Å². The fraction of sp³-hybridized carbons (Fsp3) is 0.259. The summed E-state index contributed by atoms with van der Waals surface area (Å²) in [6, 6.07) is 18.6. The van der Waals surface area contributed by atoms with Gasteiger partial charge in [0.15, 0.2) is 0 Å². The van der Waals surface area contributed by atoms with E-state index in [1.54, 1.807) is 31.2 Å². The first kappa shape index (κ1) is 23.9. The number of amides is 1. The molecule has 4 aromatic rings. The summed E-state index contributed by atoms with van der Waals surface area (Å²) in [5, 5.41) is 7.73. The number of aryl methyl sites for hydroxylation is 1. The highest BCUT2D eigenvalue weighted by Gasteiger charge is 2.21. The highest BCUT2D eigenvalue weighted by Crippen LogP contribution is 2.33. The number of hydrogen-bond acceptors (Lipinski definition) is 6. The lowest BCUT2D eigenvalue weighted by Crippen LogP contribution is -2.22. The van der Waals surface area contributed by atoms with Crippen LogP contribution in [0, 0.1) is 0 Å². The maximum absolute atomic E-state index is 12.6.